The first-order valence-corrected chi connectivity index (χ1v) is 2.10. The van der Waals surface area contributed by atoms with Crippen molar-refractivity contribution in [2.45, 2.75) is 4.90 Å². The Kier molecular flexibility index (Phi) is 3.75. The Morgan fingerprint density at radius 1 is 1.57 bits per heavy atom. The van der Waals surface area contributed by atoms with E-state index in [0.29, 0.717) is 0 Å². The van der Waals surface area contributed by atoms with Crippen molar-refractivity contribution in [2.75, 3.05) is 0 Å². The van der Waals surface area contributed by atoms with Crippen molar-refractivity contribution in [3.8, 4) is 0 Å². The van der Waals surface area contributed by atoms with Crippen LogP contribution >= 0.6 is 0 Å². The van der Waals surface area contributed by atoms with E-state index in [1.54, 1.807) is 6.20 Å². The van der Waals surface area contributed by atoms with Gasteiger partial charge in [0.05, 0.1) is 0 Å². The van der Waals surface area contributed by atoms with Crippen LogP contribution < -0.4 is 29.6 Å². The second kappa shape index (κ2) is 3.50. The molecule has 0 saturated carbocycles. The molecule has 7 heavy (non-hydrogen) atoms. The van der Waals surface area contributed by atoms with E-state index in [2.05, 4.69) is 4.98 Å². The predicted molar refractivity (Wildman–Crippen MR) is 26.4 cm³/mol. The molecular formula is C4H4NNaS. The minimum absolute atomic E-state index is 0. The molecule has 0 atom stereocenters. The molecule has 1 N–H and O–H groups in total. The maximum atomic E-state index is 4.71. The summed E-state index contributed by atoms with van der Waals surface area (Å²) in [5.74, 6) is 0. The van der Waals surface area contributed by atoms with E-state index in [1.807, 2.05) is 12.3 Å². The molecule has 32 valence electrons. The molecule has 0 saturated heterocycles. The third-order valence-corrected chi connectivity index (χ3v) is 0.823. The molecule has 0 aliphatic heterocycles. The molecule has 0 radical (unpaired) electrons. The Morgan fingerprint density at radius 3 is 2.43 bits per heavy atom. The molecule has 0 amide bonds. The topological polar surface area (TPSA) is 15.8 Å². The van der Waals surface area contributed by atoms with Gasteiger partial charge >= 0.3 is 29.6 Å². The quantitative estimate of drug-likeness (QED) is 0.308. The number of hydrogen-bond donors (Lipinski definition) is 1. The van der Waals surface area contributed by atoms with Crippen LogP contribution in [0.3, 0.4) is 0 Å². The fraction of sp³-hybridized carbons (Fsp3) is 0. The van der Waals surface area contributed by atoms with Gasteiger partial charge in [-0.15, -0.1) is 0 Å². The van der Waals surface area contributed by atoms with Gasteiger partial charge in [-0.2, -0.15) is 4.90 Å². The van der Waals surface area contributed by atoms with Crippen molar-refractivity contribution in [1.29, 1.82) is 0 Å². The SMILES string of the molecule is [Na+].[S-]c1cc[nH]c1. The van der Waals surface area contributed by atoms with Crippen LogP contribution in [0, 0.1) is 0 Å². The van der Waals surface area contributed by atoms with Crippen molar-refractivity contribution in [3.63, 3.8) is 0 Å². The standard InChI is InChI=1S/C4H5NS.Na/c6-4-1-2-5-3-4;/h1-3,5-6H;/q;+1/p-1. The largest absolute Gasteiger partial charge is 1.00 e. The van der Waals surface area contributed by atoms with E-state index in [4.69, 9.17) is 12.6 Å². The fourth-order valence-corrected chi connectivity index (χ4v) is 0.445. The van der Waals surface area contributed by atoms with Crippen molar-refractivity contribution in [3.05, 3.63) is 18.5 Å². The molecule has 0 fully saturated rings. The number of rotatable bonds is 0. The van der Waals surface area contributed by atoms with Crippen LogP contribution in [0.15, 0.2) is 23.4 Å². The normalized spacial score (nSPS) is 7.43. The van der Waals surface area contributed by atoms with E-state index in [0.717, 1.165) is 4.90 Å². The Balaban J connectivity index is 0.000000360. The second-order valence-electron chi connectivity index (χ2n) is 1.05. The van der Waals surface area contributed by atoms with Crippen molar-refractivity contribution in [2.24, 2.45) is 0 Å². The second-order valence-corrected chi connectivity index (χ2v) is 1.52. The average Bonchev–Trinajstić information content (AvgIpc) is 1.86. The van der Waals surface area contributed by atoms with Crippen LogP contribution in [0.5, 0.6) is 0 Å². The summed E-state index contributed by atoms with van der Waals surface area (Å²) < 4.78 is 0. The minimum Gasteiger partial charge on any atom is -0.778 e. The summed E-state index contributed by atoms with van der Waals surface area (Å²) in [7, 11) is 0. The molecule has 0 bridgehead atoms. The minimum atomic E-state index is 0. The van der Waals surface area contributed by atoms with Crippen LogP contribution in [0.25, 0.3) is 0 Å². The van der Waals surface area contributed by atoms with Crippen LogP contribution in [-0.4, -0.2) is 4.98 Å². The van der Waals surface area contributed by atoms with Gasteiger partial charge in [0.25, 0.3) is 0 Å². The maximum Gasteiger partial charge on any atom is 1.00 e. The molecular weight excluding hydrogens is 117 g/mol. The molecule has 3 heteroatoms. The Hall–Kier alpha value is 0.500. The van der Waals surface area contributed by atoms with E-state index in [-0.39, 0.29) is 29.6 Å². The Labute approximate surface area is 70.2 Å². The summed E-state index contributed by atoms with van der Waals surface area (Å²) in [6.45, 7) is 0. The fourth-order valence-electron chi connectivity index (χ4n) is 0.309. The molecule has 0 unspecified atom stereocenters. The van der Waals surface area contributed by atoms with Gasteiger partial charge in [0.2, 0.25) is 0 Å². The third kappa shape index (κ3) is 2.34. The zero-order valence-electron chi connectivity index (χ0n) is 4.14. The molecule has 0 aromatic carbocycles. The summed E-state index contributed by atoms with van der Waals surface area (Å²) >= 11 is 4.71. The van der Waals surface area contributed by atoms with Crippen molar-refractivity contribution >= 4 is 12.6 Å². The van der Waals surface area contributed by atoms with Crippen LogP contribution in [0.1, 0.15) is 0 Å². The number of nitrogens with one attached hydrogen (secondary N) is 1. The zero-order chi connectivity index (χ0) is 4.41. The molecule has 1 heterocycles. The van der Waals surface area contributed by atoms with Gasteiger partial charge in [0.15, 0.2) is 0 Å². The van der Waals surface area contributed by atoms with E-state index in [9.17, 15) is 0 Å². The number of aromatic nitrogens is 1. The smallest absolute Gasteiger partial charge is 0.778 e. The molecule has 1 rings (SSSR count). The van der Waals surface area contributed by atoms with Gasteiger partial charge in [-0.25, -0.2) is 0 Å². The number of hydrogen-bond acceptors (Lipinski definition) is 1. The summed E-state index contributed by atoms with van der Waals surface area (Å²) in [5, 5.41) is 0. The van der Waals surface area contributed by atoms with Gasteiger partial charge in [-0.3, -0.25) is 0 Å². The maximum absolute atomic E-state index is 4.71. The summed E-state index contributed by atoms with van der Waals surface area (Å²) in [6.07, 6.45) is 3.58. The van der Waals surface area contributed by atoms with Gasteiger partial charge in [-0.1, -0.05) is 6.07 Å². The van der Waals surface area contributed by atoms with Crippen molar-refractivity contribution in [1.82, 2.24) is 4.98 Å². The molecule has 0 spiro atoms. The monoisotopic (exact) mass is 121 g/mol. The summed E-state index contributed by atoms with van der Waals surface area (Å²) in [4.78, 5) is 3.70. The van der Waals surface area contributed by atoms with E-state index >= 15 is 0 Å². The van der Waals surface area contributed by atoms with Gasteiger partial charge in [0, 0.05) is 0 Å². The van der Waals surface area contributed by atoms with Gasteiger partial charge in [0.1, 0.15) is 0 Å². The summed E-state index contributed by atoms with van der Waals surface area (Å²) in [5.41, 5.74) is 0. The zero-order valence-corrected chi connectivity index (χ0v) is 6.96. The Bertz CT molecular complexity index is 115. The first-order valence-electron chi connectivity index (χ1n) is 1.69. The molecule has 1 aromatic rings. The molecule has 0 aliphatic rings. The van der Waals surface area contributed by atoms with E-state index < -0.39 is 0 Å². The van der Waals surface area contributed by atoms with Crippen LogP contribution in [0.4, 0.5) is 0 Å². The van der Waals surface area contributed by atoms with Crippen LogP contribution in [-0.2, 0) is 12.6 Å². The summed E-state index contributed by atoms with van der Waals surface area (Å²) in [6, 6.07) is 1.84. The van der Waals surface area contributed by atoms with Gasteiger partial charge < -0.3 is 17.6 Å². The average molecular weight is 121 g/mol. The number of H-pyrrole nitrogens is 1. The molecule has 1 nitrogen and oxygen atoms in total. The first kappa shape index (κ1) is 7.50. The third-order valence-electron chi connectivity index (χ3n) is 0.569. The molecule has 1 aromatic heterocycles. The Morgan fingerprint density at radius 2 is 2.29 bits per heavy atom. The predicted octanol–water partition coefficient (Wildman–Crippen LogP) is -2.08. The first-order chi connectivity index (χ1) is 2.89. The van der Waals surface area contributed by atoms with Crippen LogP contribution in [0.2, 0.25) is 0 Å². The molecule has 0 aliphatic carbocycles. The van der Waals surface area contributed by atoms with Crippen molar-refractivity contribution < 1.29 is 29.6 Å². The number of aromatic amines is 1. The van der Waals surface area contributed by atoms with E-state index in [1.165, 1.54) is 0 Å². The van der Waals surface area contributed by atoms with Gasteiger partial charge in [-0.05, 0) is 12.4 Å².